The lowest BCUT2D eigenvalue weighted by molar-refractivity contribution is -0.285. The number of halogens is 2. The summed E-state index contributed by atoms with van der Waals surface area (Å²) in [6.45, 7) is 6.52. The summed E-state index contributed by atoms with van der Waals surface area (Å²) in [5.41, 5.74) is -0.478. The van der Waals surface area contributed by atoms with Crippen molar-refractivity contribution < 1.29 is 33.3 Å². The van der Waals surface area contributed by atoms with E-state index < -0.39 is 29.2 Å². The molecular formula is C18H21F2N3O5. The minimum absolute atomic E-state index is 0.0352. The number of nitrogens with zero attached hydrogens (tertiary/aromatic N) is 3. The van der Waals surface area contributed by atoms with Crippen molar-refractivity contribution in [2.75, 3.05) is 0 Å². The zero-order chi connectivity index (χ0) is 21.1. The molecule has 1 fully saturated rings. The summed E-state index contributed by atoms with van der Waals surface area (Å²) >= 11 is 0. The summed E-state index contributed by atoms with van der Waals surface area (Å²) in [6, 6.07) is 3.63. The Morgan fingerprint density at radius 3 is 2.36 bits per heavy atom. The molecule has 0 unspecified atom stereocenters. The largest absolute Gasteiger partial charge is 0.473 e. The first kappa shape index (κ1) is 21.4. The maximum Gasteiger partial charge on any atom is 0.414 e. The van der Waals surface area contributed by atoms with Gasteiger partial charge in [0.2, 0.25) is 0 Å². The van der Waals surface area contributed by atoms with Crippen LogP contribution >= 0.6 is 0 Å². The van der Waals surface area contributed by atoms with Gasteiger partial charge in [-0.25, -0.2) is 28.0 Å². The number of carboxylic acid groups (broad SMARTS) is 2. The van der Waals surface area contributed by atoms with Gasteiger partial charge >= 0.3 is 11.9 Å². The number of rotatable bonds is 4. The van der Waals surface area contributed by atoms with Gasteiger partial charge in [0, 0.05) is 17.5 Å². The molecule has 0 spiro atoms. The molecule has 8 nitrogen and oxygen atoms in total. The van der Waals surface area contributed by atoms with Crippen molar-refractivity contribution in [2.45, 2.75) is 39.0 Å². The van der Waals surface area contributed by atoms with E-state index in [4.69, 9.17) is 24.5 Å². The van der Waals surface area contributed by atoms with Gasteiger partial charge in [0.15, 0.2) is 0 Å². The quantitative estimate of drug-likeness (QED) is 0.761. The smallest absolute Gasteiger partial charge is 0.414 e. The van der Waals surface area contributed by atoms with Crippen LogP contribution in [0.2, 0.25) is 0 Å². The Balaban J connectivity index is 0.000000409. The summed E-state index contributed by atoms with van der Waals surface area (Å²) < 4.78 is 35.3. The highest BCUT2D eigenvalue weighted by atomic mass is 19.1. The molecule has 2 aromatic rings. The van der Waals surface area contributed by atoms with Crippen LogP contribution in [0.15, 0.2) is 30.9 Å². The van der Waals surface area contributed by atoms with Gasteiger partial charge in [-0.05, 0) is 12.0 Å². The average molecular weight is 397 g/mol. The highest BCUT2D eigenvalue weighted by Crippen LogP contribution is 2.51. The number of aliphatic carboxylic acids is 2. The molecular weight excluding hydrogens is 376 g/mol. The maximum atomic E-state index is 14.3. The van der Waals surface area contributed by atoms with Gasteiger partial charge in [-0.2, -0.15) is 5.10 Å². The molecule has 2 N–H and O–H groups in total. The Kier molecular flexibility index (Phi) is 6.45. The number of aromatic nitrogens is 3. The second-order valence-electron chi connectivity index (χ2n) is 6.83. The lowest BCUT2D eigenvalue weighted by Crippen LogP contribution is -2.60. The molecule has 152 valence electrons. The van der Waals surface area contributed by atoms with Crippen molar-refractivity contribution in [3.63, 3.8) is 0 Å². The fraction of sp³-hybridized carbons (Fsp3) is 0.444. The summed E-state index contributed by atoms with van der Waals surface area (Å²) in [4.78, 5) is 22.1. The standard InChI is InChI=1S/C16H19F2N3O.C2H2O4/c1-10(2)15-11(3)16(22-15,7-21-9-19-8-20-21)13-5-4-12(17)6-14(13)18;3-1(4)2(5)6/h4-6,8-11,15H,7H2,1-3H3;(H,3,4)(H,5,6)/t11-,15-,16+;/m0./s1. The van der Waals surface area contributed by atoms with E-state index >= 15 is 0 Å². The molecule has 1 aliphatic rings. The maximum absolute atomic E-state index is 14.3. The van der Waals surface area contributed by atoms with Crippen molar-refractivity contribution in [3.8, 4) is 0 Å². The van der Waals surface area contributed by atoms with Crippen LogP contribution in [-0.2, 0) is 26.5 Å². The SMILES string of the molecule is CC(C)[C@@H]1O[C@@](Cn2cncn2)(c2ccc(F)cc2F)[C@H]1C.O=C(O)C(=O)O. The number of ether oxygens (including phenoxy) is 1. The Bertz CT molecular complexity index is 832. The van der Waals surface area contributed by atoms with Crippen LogP contribution in [0, 0.1) is 23.5 Å². The molecule has 2 heterocycles. The fourth-order valence-electron chi connectivity index (χ4n) is 3.32. The van der Waals surface area contributed by atoms with Gasteiger partial charge in [0.1, 0.15) is 29.9 Å². The van der Waals surface area contributed by atoms with Crippen molar-refractivity contribution in [1.29, 1.82) is 0 Å². The van der Waals surface area contributed by atoms with Crippen LogP contribution in [0.5, 0.6) is 0 Å². The lowest BCUT2D eigenvalue weighted by atomic mass is 9.70. The summed E-state index contributed by atoms with van der Waals surface area (Å²) in [5.74, 6) is -4.43. The minimum Gasteiger partial charge on any atom is -0.473 e. The molecule has 3 rings (SSSR count). The molecule has 1 saturated heterocycles. The van der Waals surface area contributed by atoms with E-state index in [-0.39, 0.29) is 12.0 Å². The third-order valence-corrected chi connectivity index (χ3v) is 4.67. The highest BCUT2D eigenvalue weighted by molar-refractivity contribution is 6.27. The third kappa shape index (κ3) is 4.33. The van der Waals surface area contributed by atoms with Crippen LogP contribution in [0.3, 0.4) is 0 Å². The van der Waals surface area contributed by atoms with E-state index in [0.29, 0.717) is 18.0 Å². The zero-order valence-electron chi connectivity index (χ0n) is 15.5. The van der Waals surface area contributed by atoms with Crippen molar-refractivity contribution in [1.82, 2.24) is 14.8 Å². The van der Waals surface area contributed by atoms with Crippen LogP contribution in [-0.4, -0.2) is 43.0 Å². The first-order valence-electron chi connectivity index (χ1n) is 8.50. The Morgan fingerprint density at radius 2 is 1.93 bits per heavy atom. The first-order chi connectivity index (χ1) is 13.1. The predicted molar refractivity (Wildman–Crippen MR) is 92.2 cm³/mol. The van der Waals surface area contributed by atoms with Gasteiger partial charge in [-0.1, -0.05) is 26.8 Å². The number of benzene rings is 1. The van der Waals surface area contributed by atoms with Gasteiger partial charge < -0.3 is 14.9 Å². The van der Waals surface area contributed by atoms with E-state index in [1.165, 1.54) is 18.5 Å². The van der Waals surface area contributed by atoms with Gasteiger partial charge in [-0.3, -0.25) is 0 Å². The predicted octanol–water partition coefficient (Wildman–Crippen LogP) is 2.30. The van der Waals surface area contributed by atoms with Crippen molar-refractivity contribution in [2.24, 2.45) is 11.8 Å². The van der Waals surface area contributed by atoms with Gasteiger partial charge in [0.25, 0.3) is 0 Å². The van der Waals surface area contributed by atoms with E-state index in [1.54, 1.807) is 11.0 Å². The average Bonchev–Trinajstić information content (AvgIpc) is 3.11. The number of carbonyl (C=O) groups is 2. The molecule has 1 aliphatic heterocycles. The monoisotopic (exact) mass is 397 g/mol. The molecule has 0 radical (unpaired) electrons. The van der Waals surface area contributed by atoms with Gasteiger partial charge in [0.05, 0.1) is 12.6 Å². The number of hydrogen-bond acceptors (Lipinski definition) is 5. The van der Waals surface area contributed by atoms with E-state index in [2.05, 4.69) is 23.9 Å². The molecule has 1 aromatic carbocycles. The van der Waals surface area contributed by atoms with Gasteiger partial charge in [-0.15, -0.1) is 0 Å². The fourth-order valence-corrected chi connectivity index (χ4v) is 3.32. The lowest BCUT2D eigenvalue weighted by Gasteiger charge is -2.55. The molecule has 0 amide bonds. The third-order valence-electron chi connectivity index (χ3n) is 4.67. The number of carboxylic acids is 2. The molecule has 3 atom stereocenters. The van der Waals surface area contributed by atoms with Crippen LogP contribution < -0.4 is 0 Å². The minimum atomic E-state index is -1.82. The number of hydrogen-bond donors (Lipinski definition) is 2. The molecule has 10 heteroatoms. The second kappa shape index (κ2) is 8.42. The molecule has 0 aliphatic carbocycles. The Labute approximate surface area is 159 Å². The van der Waals surface area contributed by atoms with Crippen molar-refractivity contribution in [3.05, 3.63) is 48.1 Å². The second-order valence-corrected chi connectivity index (χ2v) is 6.83. The molecule has 1 aromatic heterocycles. The van der Waals surface area contributed by atoms with E-state index in [1.807, 2.05) is 6.92 Å². The Hall–Kier alpha value is -2.88. The normalized spacial score (nSPS) is 23.5. The summed E-state index contributed by atoms with van der Waals surface area (Å²) in [6.07, 6.45) is 3.04. The van der Waals surface area contributed by atoms with Crippen LogP contribution in [0.1, 0.15) is 26.3 Å². The molecule has 28 heavy (non-hydrogen) atoms. The Morgan fingerprint density at radius 1 is 1.29 bits per heavy atom. The van der Waals surface area contributed by atoms with Crippen LogP contribution in [0.4, 0.5) is 8.78 Å². The topological polar surface area (TPSA) is 115 Å². The highest BCUT2D eigenvalue weighted by Gasteiger charge is 2.56. The molecule has 0 saturated carbocycles. The van der Waals surface area contributed by atoms with E-state index in [9.17, 15) is 8.78 Å². The van der Waals surface area contributed by atoms with E-state index in [0.717, 1.165) is 6.07 Å². The summed E-state index contributed by atoms with van der Waals surface area (Å²) in [5, 5.41) is 18.9. The molecule has 0 bridgehead atoms. The van der Waals surface area contributed by atoms with Crippen LogP contribution in [0.25, 0.3) is 0 Å². The van der Waals surface area contributed by atoms with Crippen molar-refractivity contribution >= 4 is 11.9 Å². The first-order valence-corrected chi connectivity index (χ1v) is 8.50. The summed E-state index contributed by atoms with van der Waals surface area (Å²) in [7, 11) is 0. The zero-order valence-corrected chi connectivity index (χ0v) is 15.5.